The number of hydrogen-bond donors (Lipinski definition) is 1. The molecule has 0 aliphatic heterocycles. The number of likely N-dealkylation sites (N-methyl/N-ethyl adjacent to an activating group) is 1. The highest BCUT2D eigenvalue weighted by Gasteiger charge is 2.34. The van der Waals surface area contributed by atoms with Crippen LogP contribution in [0.25, 0.3) is 0 Å². The molecule has 196 valence electrons. The molecular weight excluding hydrogens is 510 g/mol. The van der Waals surface area contributed by atoms with E-state index >= 15 is 0 Å². The Bertz CT molecular complexity index is 1350. The predicted molar refractivity (Wildman–Crippen MR) is 147 cm³/mol. The molecule has 0 spiro atoms. The van der Waals surface area contributed by atoms with Gasteiger partial charge in [-0.1, -0.05) is 61.0 Å². The number of benzene rings is 3. The summed E-state index contributed by atoms with van der Waals surface area (Å²) in [6.45, 7) is 5.18. The summed E-state index contributed by atoms with van der Waals surface area (Å²) in [4.78, 5) is 28.2. The molecule has 2 amide bonds. The van der Waals surface area contributed by atoms with Gasteiger partial charge in [0, 0.05) is 18.6 Å². The van der Waals surface area contributed by atoms with E-state index in [-0.39, 0.29) is 17.3 Å². The van der Waals surface area contributed by atoms with Crippen molar-refractivity contribution in [2.45, 2.75) is 44.7 Å². The summed E-state index contributed by atoms with van der Waals surface area (Å²) in [6, 6.07) is 19.6. The first-order valence-electron chi connectivity index (χ1n) is 12.0. The summed E-state index contributed by atoms with van der Waals surface area (Å²) in [7, 11) is -2.58. The van der Waals surface area contributed by atoms with Crippen molar-refractivity contribution in [1.82, 2.24) is 10.2 Å². The highest BCUT2D eigenvalue weighted by atomic mass is 35.5. The number of aryl methyl sites for hydroxylation is 1. The Morgan fingerprint density at radius 1 is 0.946 bits per heavy atom. The van der Waals surface area contributed by atoms with E-state index in [1.165, 1.54) is 24.1 Å². The minimum Gasteiger partial charge on any atom is -0.357 e. The van der Waals surface area contributed by atoms with Gasteiger partial charge in [-0.2, -0.15) is 0 Å². The van der Waals surface area contributed by atoms with Gasteiger partial charge in [0.15, 0.2) is 0 Å². The molecular formula is C28H32ClN3O4S. The molecule has 3 rings (SSSR count). The van der Waals surface area contributed by atoms with Crippen LogP contribution in [0.4, 0.5) is 5.69 Å². The normalized spacial score (nSPS) is 12.0. The second-order valence-corrected chi connectivity index (χ2v) is 11.0. The lowest BCUT2D eigenvalue weighted by atomic mass is 10.1. The summed E-state index contributed by atoms with van der Waals surface area (Å²) in [5.74, 6) is -0.820. The third-order valence-electron chi connectivity index (χ3n) is 6.35. The summed E-state index contributed by atoms with van der Waals surface area (Å²) in [6.07, 6.45) is 0.355. The lowest BCUT2D eigenvalue weighted by molar-refractivity contribution is -0.140. The zero-order valence-corrected chi connectivity index (χ0v) is 23.0. The molecule has 9 heteroatoms. The van der Waals surface area contributed by atoms with Crippen LogP contribution in [-0.4, -0.2) is 44.8 Å². The van der Waals surface area contributed by atoms with Crippen molar-refractivity contribution in [3.8, 4) is 0 Å². The van der Waals surface area contributed by atoms with Crippen LogP contribution in [-0.2, 0) is 26.2 Å². The first-order chi connectivity index (χ1) is 17.6. The molecule has 0 bridgehead atoms. The molecule has 0 radical (unpaired) electrons. The van der Waals surface area contributed by atoms with Crippen molar-refractivity contribution in [2.24, 2.45) is 0 Å². The number of nitrogens with one attached hydrogen (secondary N) is 1. The predicted octanol–water partition coefficient (Wildman–Crippen LogP) is 4.71. The van der Waals surface area contributed by atoms with Gasteiger partial charge in [-0.05, 0) is 67.3 Å². The van der Waals surface area contributed by atoms with Crippen molar-refractivity contribution < 1.29 is 18.0 Å². The number of nitrogens with zero attached hydrogens (tertiary/aromatic N) is 2. The van der Waals surface area contributed by atoms with Crippen LogP contribution in [0.2, 0.25) is 5.02 Å². The van der Waals surface area contributed by atoms with E-state index < -0.39 is 28.5 Å². The zero-order chi connectivity index (χ0) is 27.2. The Morgan fingerprint density at radius 3 is 2.19 bits per heavy atom. The van der Waals surface area contributed by atoms with Crippen LogP contribution in [0, 0.1) is 13.8 Å². The Balaban J connectivity index is 2.09. The summed E-state index contributed by atoms with van der Waals surface area (Å²) >= 11 is 6.03. The number of rotatable bonds is 10. The maximum atomic E-state index is 13.9. The minimum absolute atomic E-state index is 0.0753. The average molecular weight is 542 g/mol. The second kappa shape index (κ2) is 12.3. The van der Waals surface area contributed by atoms with Gasteiger partial charge in [0.2, 0.25) is 11.8 Å². The van der Waals surface area contributed by atoms with Crippen molar-refractivity contribution >= 4 is 39.1 Å². The van der Waals surface area contributed by atoms with Gasteiger partial charge in [-0.15, -0.1) is 0 Å². The fourth-order valence-corrected chi connectivity index (χ4v) is 5.73. The van der Waals surface area contributed by atoms with E-state index in [0.717, 1.165) is 21.0 Å². The molecule has 37 heavy (non-hydrogen) atoms. The van der Waals surface area contributed by atoms with Gasteiger partial charge in [0.1, 0.15) is 12.6 Å². The lowest BCUT2D eigenvalue weighted by Crippen LogP contribution is -2.51. The molecule has 1 atom stereocenters. The molecule has 0 aliphatic carbocycles. The highest BCUT2D eigenvalue weighted by Crippen LogP contribution is 2.29. The Morgan fingerprint density at radius 2 is 1.59 bits per heavy atom. The average Bonchev–Trinajstić information content (AvgIpc) is 2.90. The summed E-state index contributed by atoms with van der Waals surface area (Å²) < 4.78 is 28.8. The first-order valence-corrected chi connectivity index (χ1v) is 13.8. The summed E-state index contributed by atoms with van der Waals surface area (Å²) in [5.41, 5.74) is 2.83. The Labute approximate surface area is 224 Å². The number of carbonyl (C=O) groups excluding carboxylic acids is 2. The van der Waals surface area contributed by atoms with E-state index in [1.54, 1.807) is 54.6 Å². The van der Waals surface area contributed by atoms with E-state index in [4.69, 9.17) is 11.6 Å². The van der Waals surface area contributed by atoms with Crippen LogP contribution >= 0.6 is 11.6 Å². The molecule has 0 saturated heterocycles. The molecule has 1 unspecified atom stereocenters. The number of sulfonamides is 1. The Hall–Kier alpha value is -3.36. The fraction of sp³-hybridized carbons (Fsp3) is 0.286. The van der Waals surface area contributed by atoms with Crippen molar-refractivity contribution in [1.29, 1.82) is 0 Å². The lowest BCUT2D eigenvalue weighted by Gasteiger charge is -2.33. The number of anilines is 1. The van der Waals surface area contributed by atoms with Gasteiger partial charge in [0.05, 0.1) is 10.6 Å². The first kappa shape index (κ1) is 28.2. The van der Waals surface area contributed by atoms with E-state index in [1.807, 2.05) is 26.8 Å². The Kier molecular flexibility index (Phi) is 9.34. The van der Waals surface area contributed by atoms with Crippen molar-refractivity contribution in [3.05, 3.63) is 94.5 Å². The largest absolute Gasteiger partial charge is 0.357 e. The SMILES string of the molecule is CCC(C(=O)NC)N(Cc1ccc(Cl)cc1)C(=O)CN(c1cccc(C)c1C)S(=O)(=O)c1ccccc1. The number of halogens is 1. The van der Waals surface area contributed by atoms with Gasteiger partial charge in [-0.3, -0.25) is 13.9 Å². The van der Waals surface area contributed by atoms with Crippen LogP contribution in [0.3, 0.4) is 0 Å². The third kappa shape index (κ3) is 6.50. The maximum absolute atomic E-state index is 13.9. The molecule has 0 aromatic heterocycles. The van der Waals surface area contributed by atoms with Crippen molar-refractivity contribution in [3.63, 3.8) is 0 Å². The molecule has 3 aromatic rings. The number of carbonyl (C=O) groups is 2. The molecule has 3 aromatic carbocycles. The second-order valence-electron chi connectivity index (χ2n) is 8.73. The van der Waals surface area contributed by atoms with Crippen molar-refractivity contribution in [2.75, 3.05) is 17.9 Å². The molecule has 0 fully saturated rings. The van der Waals surface area contributed by atoms with Gasteiger partial charge in [-0.25, -0.2) is 8.42 Å². The topological polar surface area (TPSA) is 86.8 Å². The smallest absolute Gasteiger partial charge is 0.264 e. The van der Waals surface area contributed by atoms with Gasteiger partial charge < -0.3 is 10.2 Å². The maximum Gasteiger partial charge on any atom is 0.264 e. The highest BCUT2D eigenvalue weighted by molar-refractivity contribution is 7.92. The molecule has 1 N–H and O–H groups in total. The monoisotopic (exact) mass is 541 g/mol. The van der Waals surface area contributed by atoms with Crippen LogP contribution < -0.4 is 9.62 Å². The van der Waals surface area contributed by atoms with E-state index in [9.17, 15) is 18.0 Å². The van der Waals surface area contributed by atoms with Gasteiger partial charge in [0.25, 0.3) is 10.0 Å². The van der Waals surface area contributed by atoms with E-state index in [0.29, 0.717) is 17.1 Å². The molecule has 0 heterocycles. The standard InChI is InChI=1S/C28H32ClN3O4S/c1-5-25(28(34)30-4)31(18-22-14-16-23(29)17-15-22)27(33)19-32(26-13-9-10-20(2)21(26)3)37(35,36)24-11-7-6-8-12-24/h6-17,25H,5,18-19H2,1-4H3,(H,30,34). The fourth-order valence-electron chi connectivity index (χ4n) is 4.11. The van der Waals surface area contributed by atoms with Crippen LogP contribution in [0.1, 0.15) is 30.0 Å². The van der Waals surface area contributed by atoms with Gasteiger partial charge >= 0.3 is 0 Å². The number of hydrogen-bond acceptors (Lipinski definition) is 4. The van der Waals surface area contributed by atoms with E-state index in [2.05, 4.69) is 5.32 Å². The number of amides is 2. The summed E-state index contributed by atoms with van der Waals surface area (Å²) in [5, 5.41) is 3.17. The van der Waals surface area contributed by atoms with Crippen LogP contribution in [0.15, 0.2) is 77.7 Å². The van der Waals surface area contributed by atoms with Crippen LogP contribution in [0.5, 0.6) is 0 Å². The molecule has 7 nitrogen and oxygen atoms in total. The zero-order valence-electron chi connectivity index (χ0n) is 21.4. The minimum atomic E-state index is -4.09. The molecule has 0 saturated carbocycles. The molecule has 0 aliphatic rings. The quantitative estimate of drug-likeness (QED) is 0.403. The third-order valence-corrected chi connectivity index (χ3v) is 8.38.